The second-order valence-corrected chi connectivity index (χ2v) is 11.8. The fraction of sp³-hybridized carbons (Fsp3) is 0.161. The molecule has 0 atom stereocenters. The van der Waals surface area contributed by atoms with E-state index in [-0.39, 0.29) is 10.6 Å². The van der Waals surface area contributed by atoms with Crippen LogP contribution in [0.2, 0.25) is 10.0 Å². The standard InChI is InChI=1S/C31H29Cl2N3O6S/c1-3-41-30-17-22(10-15-29(30)42-21-23-6-4-7-24(32)16-23)19-34-35-31(37)20-36(26-9-5-8-25(33)18-26)43(38,39)28-13-11-27(40-2)12-14-28/h4-19H,3,20-21H2,1-2H3,(H,35,37)/b34-19-. The number of ether oxygens (including phenoxy) is 3. The van der Waals surface area contributed by atoms with Crippen molar-refractivity contribution in [1.29, 1.82) is 0 Å². The molecule has 0 spiro atoms. The molecule has 0 radical (unpaired) electrons. The number of hydrogen-bond acceptors (Lipinski definition) is 7. The molecule has 4 aromatic rings. The number of methoxy groups -OCH3 is 1. The zero-order valence-corrected chi connectivity index (χ0v) is 25.7. The number of rotatable bonds is 13. The van der Waals surface area contributed by atoms with E-state index in [9.17, 15) is 13.2 Å². The van der Waals surface area contributed by atoms with Crippen LogP contribution >= 0.6 is 23.2 Å². The number of hydrogen-bond donors (Lipinski definition) is 1. The van der Waals surface area contributed by atoms with Crippen LogP contribution in [0.15, 0.2) is 101 Å². The number of amides is 1. The molecule has 0 fully saturated rings. The average molecular weight is 643 g/mol. The number of nitrogens with one attached hydrogen (secondary N) is 1. The molecule has 0 aliphatic carbocycles. The molecule has 0 saturated heterocycles. The van der Waals surface area contributed by atoms with Gasteiger partial charge in [0.05, 0.1) is 30.5 Å². The maximum absolute atomic E-state index is 13.6. The number of hydrazone groups is 1. The molecule has 12 heteroatoms. The summed E-state index contributed by atoms with van der Waals surface area (Å²) in [6, 6.07) is 24.7. The van der Waals surface area contributed by atoms with Crippen molar-refractivity contribution in [2.75, 3.05) is 24.6 Å². The normalized spacial score (nSPS) is 11.3. The zero-order valence-electron chi connectivity index (χ0n) is 23.4. The lowest BCUT2D eigenvalue weighted by Crippen LogP contribution is -2.39. The van der Waals surface area contributed by atoms with Crippen LogP contribution in [-0.2, 0) is 21.4 Å². The Morgan fingerprint density at radius 2 is 1.63 bits per heavy atom. The summed E-state index contributed by atoms with van der Waals surface area (Å²) in [6.07, 6.45) is 1.42. The van der Waals surface area contributed by atoms with Crippen LogP contribution in [0.4, 0.5) is 5.69 Å². The minimum atomic E-state index is -4.14. The molecule has 0 unspecified atom stereocenters. The molecule has 0 aliphatic heterocycles. The van der Waals surface area contributed by atoms with Crippen molar-refractivity contribution in [2.45, 2.75) is 18.4 Å². The molecule has 43 heavy (non-hydrogen) atoms. The third-order valence-corrected chi connectivity index (χ3v) is 8.24. The Morgan fingerprint density at radius 3 is 2.30 bits per heavy atom. The van der Waals surface area contributed by atoms with Crippen LogP contribution < -0.4 is 23.9 Å². The highest BCUT2D eigenvalue weighted by molar-refractivity contribution is 7.92. The topological polar surface area (TPSA) is 107 Å². The first kappa shape index (κ1) is 31.7. The molecule has 9 nitrogen and oxygen atoms in total. The van der Waals surface area contributed by atoms with Crippen LogP contribution in [0.1, 0.15) is 18.1 Å². The summed E-state index contributed by atoms with van der Waals surface area (Å²) < 4.78 is 44.9. The predicted molar refractivity (Wildman–Crippen MR) is 168 cm³/mol. The molecule has 4 rings (SSSR count). The van der Waals surface area contributed by atoms with E-state index in [1.54, 1.807) is 42.5 Å². The van der Waals surface area contributed by atoms with E-state index in [1.807, 2.05) is 25.1 Å². The highest BCUT2D eigenvalue weighted by Gasteiger charge is 2.27. The maximum Gasteiger partial charge on any atom is 0.264 e. The zero-order chi connectivity index (χ0) is 30.8. The Labute approximate surface area is 260 Å². The van der Waals surface area contributed by atoms with Gasteiger partial charge in [0.1, 0.15) is 18.9 Å². The minimum Gasteiger partial charge on any atom is -0.497 e. The number of nitrogens with zero attached hydrogens (tertiary/aromatic N) is 2. The maximum atomic E-state index is 13.6. The van der Waals surface area contributed by atoms with Gasteiger partial charge >= 0.3 is 0 Å². The number of halogens is 2. The second-order valence-electron chi connectivity index (χ2n) is 9.02. The number of carbonyl (C=O) groups is 1. The van der Waals surface area contributed by atoms with Gasteiger partial charge in [-0.1, -0.05) is 41.4 Å². The highest BCUT2D eigenvalue weighted by atomic mass is 35.5. The van der Waals surface area contributed by atoms with Crippen LogP contribution in [-0.4, -0.2) is 40.8 Å². The summed E-state index contributed by atoms with van der Waals surface area (Å²) in [4.78, 5) is 12.9. The predicted octanol–water partition coefficient (Wildman–Crippen LogP) is 6.33. The van der Waals surface area contributed by atoms with Crippen LogP contribution in [0, 0.1) is 0 Å². The lowest BCUT2D eigenvalue weighted by atomic mass is 10.2. The van der Waals surface area contributed by atoms with Crippen molar-refractivity contribution < 1.29 is 27.4 Å². The monoisotopic (exact) mass is 641 g/mol. The molecule has 0 bridgehead atoms. The van der Waals surface area contributed by atoms with Gasteiger partial charge in [-0.25, -0.2) is 13.8 Å². The quantitative estimate of drug-likeness (QED) is 0.135. The highest BCUT2D eigenvalue weighted by Crippen LogP contribution is 2.30. The lowest BCUT2D eigenvalue weighted by molar-refractivity contribution is -0.119. The summed E-state index contributed by atoms with van der Waals surface area (Å²) in [5.41, 5.74) is 4.14. The Kier molecular flexibility index (Phi) is 10.9. The van der Waals surface area contributed by atoms with E-state index >= 15 is 0 Å². The van der Waals surface area contributed by atoms with E-state index in [0.717, 1.165) is 9.87 Å². The first-order valence-corrected chi connectivity index (χ1v) is 15.3. The van der Waals surface area contributed by atoms with Gasteiger partial charge in [-0.2, -0.15) is 5.10 Å². The molecular formula is C31H29Cl2N3O6S. The Balaban J connectivity index is 1.47. The Bertz CT molecular complexity index is 1700. The lowest BCUT2D eigenvalue weighted by Gasteiger charge is -2.24. The summed E-state index contributed by atoms with van der Waals surface area (Å²) >= 11 is 12.2. The third kappa shape index (κ3) is 8.63. The number of anilines is 1. The van der Waals surface area contributed by atoms with E-state index in [4.69, 9.17) is 37.4 Å². The number of benzene rings is 4. The molecule has 4 aromatic carbocycles. The number of sulfonamides is 1. The van der Waals surface area contributed by atoms with E-state index in [2.05, 4.69) is 10.5 Å². The average Bonchev–Trinajstić information content (AvgIpc) is 2.99. The third-order valence-electron chi connectivity index (χ3n) is 5.98. The van der Waals surface area contributed by atoms with Gasteiger partial charge in [0.25, 0.3) is 15.9 Å². The second kappa shape index (κ2) is 14.8. The first-order chi connectivity index (χ1) is 20.7. The molecule has 0 aromatic heterocycles. The summed E-state index contributed by atoms with van der Waals surface area (Å²) in [5.74, 6) is 0.856. The molecule has 1 N–H and O–H groups in total. The fourth-order valence-corrected chi connectivity index (χ4v) is 5.76. The molecule has 1 amide bonds. The summed E-state index contributed by atoms with van der Waals surface area (Å²) in [7, 11) is -2.66. The molecule has 224 valence electrons. The molecule has 0 heterocycles. The number of carbonyl (C=O) groups excluding carboxylic acids is 1. The van der Waals surface area contributed by atoms with Gasteiger partial charge in [0.2, 0.25) is 0 Å². The minimum absolute atomic E-state index is 0.0225. The van der Waals surface area contributed by atoms with E-state index in [0.29, 0.717) is 46.1 Å². The van der Waals surface area contributed by atoms with Crippen LogP contribution in [0.25, 0.3) is 0 Å². The van der Waals surface area contributed by atoms with Crippen LogP contribution in [0.3, 0.4) is 0 Å². The van der Waals surface area contributed by atoms with Gasteiger partial charge < -0.3 is 14.2 Å². The van der Waals surface area contributed by atoms with Crippen molar-refractivity contribution in [1.82, 2.24) is 5.43 Å². The largest absolute Gasteiger partial charge is 0.497 e. The summed E-state index contributed by atoms with van der Waals surface area (Å²) in [5, 5.41) is 4.95. The van der Waals surface area contributed by atoms with Crippen molar-refractivity contribution in [3.05, 3.63) is 112 Å². The van der Waals surface area contributed by atoms with Gasteiger partial charge in [-0.05, 0) is 90.8 Å². The van der Waals surface area contributed by atoms with Crippen molar-refractivity contribution in [3.63, 3.8) is 0 Å². The van der Waals surface area contributed by atoms with Crippen LogP contribution in [0.5, 0.6) is 17.2 Å². The van der Waals surface area contributed by atoms with Gasteiger partial charge in [-0.3, -0.25) is 9.10 Å². The Morgan fingerprint density at radius 1 is 0.907 bits per heavy atom. The SMILES string of the molecule is CCOc1cc(/C=N\NC(=O)CN(c2cccc(Cl)c2)S(=O)(=O)c2ccc(OC)cc2)ccc1OCc1cccc(Cl)c1. The Hall–Kier alpha value is -4.25. The van der Waals surface area contributed by atoms with Gasteiger partial charge in [0.15, 0.2) is 11.5 Å². The van der Waals surface area contributed by atoms with Gasteiger partial charge in [0, 0.05) is 10.0 Å². The summed E-state index contributed by atoms with van der Waals surface area (Å²) in [6.45, 7) is 2.01. The van der Waals surface area contributed by atoms with Crippen molar-refractivity contribution in [2.24, 2.45) is 5.10 Å². The van der Waals surface area contributed by atoms with E-state index in [1.165, 1.54) is 43.7 Å². The van der Waals surface area contributed by atoms with E-state index < -0.39 is 22.5 Å². The van der Waals surface area contributed by atoms with Gasteiger partial charge in [-0.15, -0.1) is 0 Å². The molecule has 0 aliphatic rings. The molecular weight excluding hydrogens is 613 g/mol. The van der Waals surface area contributed by atoms with Crippen molar-refractivity contribution in [3.8, 4) is 17.2 Å². The van der Waals surface area contributed by atoms with Crippen molar-refractivity contribution >= 4 is 51.0 Å². The smallest absolute Gasteiger partial charge is 0.264 e. The fourth-order valence-electron chi connectivity index (χ4n) is 3.95. The molecule has 0 saturated carbocycles. The first-order valence-electron chi connectivity index (χ1n) is 13.1.